The topological polar surface area (TPSA) is 36.1 Å². The molecule has 0 amide bonds. The van der Waals surface area contributed by atoms with Crippen LogP contribution in [-0.2, 0) is 13.1 Å². The number of rotatable bonds is 30. The van der Waals surface area contributed by atoms with Crippen molar-refractivity contribution in [2.45, 2.75) is 155 Å². The van der Waals surface area contributed by atoms with Crippen molar-refractivity contribution < 1.29 is 45.0 Å². The molecule has 0 aliphatic rings. The summed E-state index contributed by atoms with van der Waals surface area (Å²) < 4.78 is 109. The second kappa shape index (κ2) is 26.0. The van der Waals surface area contributed by atoms with Gasteiger partial charge in [0.2, 0.25) is 12.7 Å². The number of halogens is 6. The largest absolute Gasteiger partial charge is 0.491 e. The molecule has 0 aliphatic carbocycles. The van der Waals surface area contributed by atoms with E-state index in [0.29, 0.717) is 24.6 Å². The Morgan fingerprint density at radius 3 is 1.08 bits per heavy atom. The zero-order valence-electron chi connectivity index (χ0n) is 36.8. The van der Waals surface area contributed by atoms with Gasteiger partial charge in [-0.2, -0.15) is 0 Å². The molecule has 0 bridgehead atoms. The Hall–Kier alpha value is -4.74. The van der Waals surface area contributed by atoms with Crippen LogP contribution in [0.5, 0.6) is 11.5 Å². The summed E-state index contributed by atoms with van der Waals surface area (Å²) in [6.07, 6.45) is 32.7. The molecule has 2 heterocycles. The molecule has 0 saturated carbocycles. The van der Waals surface area contributed by atoms with Crippen LogP contribution in [0.3, 0.4) is 0 Å². The van der Waals surface area contributed by atoms with Crippen LogP contribution >= 0.6 is 0 Å². The van der Waals surface area contributed by atoms with Gasteiger partial charge in [-0.25, -0.2) is 44.6 Å². The van der Waals surface area contributed by atoms with Crippen molar-refractivity contribution in [1.82, 2.24) is 9.13 Å². The zero-order chi connectivity index (χ0) is 44.1. The molecule has 3 aromatic carbocycles. The van der Waals surface area contributed by atoms with Gasteiger partial charge in [-0.1, -0.05) is 129 Å². The van der Waals surface area contributed by atoms with Gasteiger partial charge in [-0.15, -0.1) is 0 Å². The van der Waals surface area contributed by atoms with Gasteiger partial charge < -0.3 is 9.47 Å². The molecular weight excluding hydrogens is 803 g/mol. The van der Waals surface area contributed by atoms with Gasteiger partial charge in [0.1, 0.15) is 49.3 Å². The lowest BCUT2D eigenvalue weighted by Gasteiger charge is -2.10. The monoisotopic (exact) mass is 869 g/mol. The molecule has 0 fully saturated rings. The fourth-order valence-corrected chi connectivity index (χ4v) is 7.72. The molecule has 0 radical (unpaired) electrons. The molecule has 0 spiro atoms. The molecule has 5 aromatic rings. The smallest absolute Gasteiger partial charge is 0.249 e. The third-order valence-corrected chi connectivity index (χ3v) is 11.4. The standard InChI is InChI=1S/C50H66F6N4O2/c1-3-5-7-9-11-13-15-17-19-21-31-61-45-25-23-39(33-43(45)51)59-29-27-57(37-59)35-41-47(53)49(55)42(50(56)48(41)54)36-58-28-30-60(38-58)40-24-26-46(44(52)34-40)62-32-22-20-18-16-14-12-10-8-6-4-2/h23-30,33-34,37-38H,3-22,31-32,35-36H2,1-2H3/q+2. The highest BCUT2D eigenvalue weighted by Gasteiger charge is 2.28. The predicted octanol–water partition coefficient (Wildman–Crippen LogP) is 13.4. The van der Waals surface area contributed by atoms with Gasteiger partial charge in [-0.3, -0.25) is 0 Å². The van der Waals surface area contributed by atoms with E-state index in [-0.39, 0.29) is 11.5 Å². The Morgan fingerprint density at radius 2 is 0.758 bits per heavy atom. The highest BCUT2D eigenvalue weighted by atomic mass is 19.2. The van der Waals surface area contributed by atoms with Crippen LogP contribution in [0, 0.1) is 34.9 Å². The van der Waals surface area contributed by atoms with Crippen LogP contribution in [0.25, 0.3) is 11.4 Å². The third-order valence-electron chi connectivity index (χ3n) is 11.4. The number of aromatic nitrogens is 4. The molecule has 0 saturated heterocycles. The zero-order valence-corrected chi connectivity index (χ0v) is 36.8. The molecule has 62 heavy (non-hydrogen) atoms. The molecule has 2 aromatic heterocycles. The molecule has 0 atom stereocenters. The first-order valence-corrected chi connectivity index (χ1v) is 23.0. The van der Waals surface area contributed by atoms with Crippen molar-refractivity contribution in [1.29, 1.82) is 0 Å². The van der Waals surface area contributed by atoms with Crippen molar-refractivity contribution in [2.75, 3.05) is 13.2 Å². The van der Waals surface area contributed by atoms with Gasteiger partial charge in [0.05, 0.1) is 24.3 Å². The van der Waals surface area contributed by atoms with Crippen LogP contribution in [0.1, 0.15) is 153 Å². The number of nitrogens with zero attached hydrogens (tertiary/aromatic N) is 4. The van der Waals surface area contributed by atoms with Gasteiger partial charge in [0.15, 0.2) is 46.4 Å². The number of unbranched alkanes of at least 4 members (excludes halogenated alkanes) is 18. The molecule has 0 N–H and O–H groups in total. The van der Waals surface area contributed by atoms with Crippen LogP contribution in [-0.4, -0.2) is 22.3 Å². The lowest BCUT2D eigenvalue weighted by Crippen LogP contribution is -2.35. The average Bonchev–Trinajstić information content (AvgIpc) is 3.95. The number of ether oxygens (including phenoxy) is 2. The number of imidazole rings is 2. The van der Waals surface area contributed by atoms with Gasteiger partial charge in [0.25, 0.3) is 0 Å². The molecule has 6 nitrogen and oxygen atoms in total. The SMILES string of the molecule is CCCCCCCCCCCCOc1ccc(-n2cc[n+](Cc3c(F)c(F)c(C[n+]4ccn(-c5ccc(OCCCCCCCCCCCC)c(F)c5)c4)c(F)c3F)c2)cc1F. The fourth-order valence-electron chi connectivity index (χ4n) is 7.72. The van der Waals surface area contributed by atoms with Crippen molar-refractivity contribution in [3.05, 3.63) is 120 Å². The van der Waals surface area contributed by atoms with Gasteiger partial charge in [0, 0.05) is 12.1 Å². The van der Waals surface area contributed by atoms with E-state index in [4.69, 9.17) is 9.47 Å². The minimum atomic E-state index is -1.51. The maximum absolute atomic E-state index is 15.4. The summed E-state index contributed by atoms with van der Waals surface area (Å²) in [4.78, 5) is 0. The second-order valence-corrected chi connectivity index (χ2v) is 16.5. The molecule has 338 valence electrons. The second-order valence-electron chi connectivity index (χ2n) is 16.5. The summed E-state index contributed by atoms with van der Waals surface area (Å²) in [7, 11) is 0. The summed E-state index contributed by atoms with van der Waals surface area (Å²) in [5, 5.41) is 0. The highest BCUT2D eigenvalue weighted by Crippen LogP contribution is 2.26. The predicted molar refractivity (Wildman–Crippen MR) is 231 cm³/mol. The van der Waals surface area contributed by atoms with Crippen LogP contribution in [0.4, 0.5) is 26.3 Å². The summed E-state index contributed by atoms with van der Waals surface area (Å²) >= 11 is 0. The lowest BCUT2D eigenvalue weighted by molar-refractivity contribution is -0.688. The van der Waals surface area contributed by atoms with Crippen LogP contribution in [0.15, 0.2) is 73.8 Å². The maximum atomic E-state index is 15.4. The van der Waals surface area contributed by atoms with E-state index in [9.17, 15) is 8.78 Å². The van der Waals surface area contributed by atoms with Crippen LogP contribution < -0.4 is 18.6 Å². The Morgan fingerprint density at radius 1 is 0.435 bits per heavy atom. The summed E-state index contributed by atoms with van der Waals surface area (Å²) in [6.45, 7) is 4.22. The Balaban J connectivity index is 1.09. The summed E-state index contributed by atoms with van der Waals surface area (Å²) in [5.74, 6) is -6.87. The van der Waals surface area contributed by atoms with Crippen molar-refractivity contribution in [3.8, 4) is 22.9 Å². The van der Waals surface area contributed by atoms with E-state index in [1.807, 2.05) is 0 Å². The minimum absolute atomic E-state index is 0.137. The van der Waals surface area contributed by atoms with Gasteiger partial charge in [-0.05, 0) is 37.1 Å². The number of hydrogen-bond donors (Lipinski definition) is 0. The molecule has 12 heteroatoms. The van der Waals surface area contributed by atoms with E-state index in [2.05, 4.69) is 13.8 Å². The van der Waals surface area contributed by atoms with E-state index in [1.165, 1.54) is 157 Å². The molecular formula is C50H66F6N4O2+2. The molecule has 0 aliphatic heterocycles. The third kappa shape index (κ3) is 14.7. The highest BCUT2D eigenvalue weighted by molar-refractivity contribution is 5.39. The van der Waals surface area contributed by atoms with Crippen molar-refractivity contribution >= 4 is 0 Å². The van der Waals surface area contributed by atoms with E-state index >= 15 is 17.6 Å². The van der Waals surface area contributed by atoms with Gasteiger partial charge >= 0.3 is 0 Å². The summed E-state index contributed by atoms with van der Waals surface area (Å²) in [5.41, 5.74) is -0.725. The van der Waals surface area contributed by atoms with E-state index in [1.54, 1.807) is 24.5 Å². The maximum Gasteiger partial charge on any atom is 0.249 e. The first-order valence-electron chi connectivity index (χ1n) is 23.0. The van der Waals surface area contributed by atoms with Crippen LogP contribution in [0.2, 0.25) is 0 Å². The average molecular weight is 869 g/mol. The molecule has 0 unspecified atom stereocenters. The Kier molecular flexibility index (Phi) is 20.3. The number of benzene rings is 3. The minimum Gasteiger partial charge on any atom is -0.491 e. The Labute approximate surface area is 364 Å². The first-order chi connectivity index (χ1) is 30.2. The fraction of sp³-hybridized carbons (Fsp3) is 0.520. The normalized spacial score (nSPS) is 11.5. The lowest BCUT2D eigenvalue weighted by atomic mass is 10.1. The van der Waals surface area contributed by atoms with E-state index in [0.717, 1.165) is 38.5 Å². The number of hydrogen-bond acceptors (Lipinski definition) is 2. The van der Waals surface area contributed by atoms with Crippen molar-refractivity contribution in [3.63, 3.8) is 0 Å². The first kappa shape index (κ1) is 48.3. The summed E-state index contributed by atoms with van der Waals surface area (Å²) in [6, 6.07) is 8.95. The Bertz CT molecular complexity index is 1920. The molecule has 5 rings (SSSR count). The van der Waals surface area contributed by atoms with E-state index < -0.39 is 59.1 Å². The quantitative estimate of drug-likeness (QED) is 0.0199. The van der Waals surface area contributed by atoms with Crippen molar-refractivity contribution in [2.24, 2.45) is 0 Å².